The van der Waals surface area contributed by atoms with Crippen LogP contribution in [0, 0.1) is 13.8 Å². The summed E-state index contributed by atoms with van der Waals surface area (Å²) in [5, 5.41) is 0. The van der Waals surface area contributed by atoms with Gasteiger partial charge in [0.05, 0.1) is 0 Å². The predicted octanol–water partition coefficient (Wildman–Crippen LogP) is 2.30. The molecule has 0 bridgehead atoms. The van der Waals surface area contributed by atoms with Crippen molar-refractivity contribution >= 4 is 5.82 Å². The SMILES string of the molecule is CCc1nc(-c2cnccc2C)nc(N)c1C. The summed E-state index contributed by atoms with van der Waals surface area (Å²) in [4.78, 5) is 13.0. The van der Waals surface area contributed by atoms with E-state index < -0.39 is 0 Å². The lowest BCUT2D eigenvalue weighted by molar-refractivity contribution is 0.979. The minimum absolute atomic E-state index is 0.551. The second-order valence-electron chi connectivity index (χ2n) is 4.05. The minimum atomic E-state index is 0.551. The van der Waals surface area contributed by atoms with Gasteiger partial charge in [-0.2, -0.15) is 0 Å². The maximum absolute atomic E-state index is 5.91. The van der Waals surface area contributed by atoms with E-state index >= 15 is 0 Å². The Kier molecular flexibility index (Phi) is 3.04. The molecule has 2 rings (SSSR count). The number of nitrogen functional groups attached to an aromatic ring is 1. The molecular weight excluding hydrogens is 212 g/mol. The topological polar surface area (TPSA) is 64.7 Å². The van der Waals surface area contributed by atoms with Crippen LogP contribution in [0.1, 0.15) is 23.7 Å². The minimum Gasteiger partial charge on any atom is -0.383 e. The van der Waals surface area contributed by atoms with Crippen molar-refractivity contribution in [2.75, 3.05) is 5.73 Å². The summed E-state index contributed by atoms with van der Waals surface area (Å²) in [6.45, 7) is 6.03. The number of aromatic nitrogens is 3. The lowest BCUT2D eigenvalue weighted by Gasteiger charge is -2.09. The van der Waals surface area contributed by atoms with E-state index in [1.165, 1.54) is 0 Å². The van der Waals surface area contributed by atoms with E-state index in [0.29, 0.717) is 11.6 Å². The molecule has 4 nitrogen and oxygen atoms in total. The molecule has 0 atom stereocenters. The number of nitrogens with two attached hydrogens (primary N) is 1. The molecule has 0 saturated carbocycles. The molecule has 2 N–H and O–H groups in total. The van der Waals surface area contributed by atoms with Gasteiger partial charge in [0.15, 0.2) is 5.82 Å². The Morgan fingerprint density at radius 2 is 2.00 bits per heavy atom. The highest BCUT2D eigenvalue weighted by atomic mass is 15.0. The molecular formula is C13H16N4. The van der Waals surface area contributed by atoms with E-state index in [2.05, 4.69) is 21.9 Å². The first kappa shape index (κ1) is 11.5. The summed E-state index contributed by atoms with van der Waals surface area (Å²) in [6, 6.07) is 1.94. The summed E-state index contributed by atoms with van der Waals surface area (Å²) in [5.41, 5.74) is 9.92. The number of hydrogen-bond donors (Lipinski definition) is 1. The van der Waals surface area contributed by atoms with Crippen molar-refractivity contribution < 1.29 is 0 Å². The normalized spacial score (nSPS) is 10.5. The van der Waals surface area contributed by atoms with Crippen molar-refractivity contribution in [2.45, 2.75) is 27.2 Å². The van der Waals surface area contributed by atoms with E-state index in [-0.39, 0.29) is 0 Å². The largest absolute Gasteiger partial charge is 0.383 e. The monoisotopic (exact) mass is 228 g/mol. The van der Waals surface area contributed by atoms with Gasteiger partial charge in [0.1, 0.15) is 5.82 Å². The molecule has 0 aliphatic heterocycles. The Balaban J connectivity index is 2.61. The summed E-state index contributed by atoms with van der Waals surface area (Å²) in [6.07, 6.45) is 4.39. The van der Waals surface area contributed by atoms with Crippen LogP contribution >= 0.6 is 0 Å². The number of rotatable bonds is 2. The highest BCUT2D eigenvalue weighted by Gasteiger charge is 2.10. The molecule has 0 spiro atoms. The molecule has 0 aliphatic rings. The van der Waals surface area contributed by atoms with Gasteiger partial charge in [-0.15, -0.1) is 0 Å². The van der Waals surface area contributed by atoms with Crippen molar-refractivity contribution in [3.63, 3.8) is 0 Å². The number of anilines is 1. The Bertz CT molecular complexity index is 549. The lowest BCUT2D eigenvalue weighted by Crippen LogP contribution is -2.04. The van der Waals surface area contributed by atoms with Crippen LogP contribution in [0.3, 0.4) is 0 Å². The second-order valence-corrected chi connectivity index (χ2v) is 4.05. The van der Waals surface area contributed by atoms with Crippen LogP contribution in [0.15, 0.2) is 18.5 Å². The average Bonchev–Trinajstić information content (AvgIpc) is 2.33. The summed E-state index contributed by atoms with van der Waals surface area (Å²) in [7, 11) is 0. The van der Waals surface area contributed by atoms with Gasteiger partial charge in [0, 0.05) is 29.2 Å². The van der Waals surface area contributed by atoms with Gasteiger partial charge in [0.25, 0.3) is 0 Å². The van der Waals surface area contributed by atoms with Gasteiger partial charge < -0.3 is 5.73 Å². The highest BCUT2D eigenvalue weighted by molar-refractivity contribution is 5.61. The molecule has 0 fully saturated rings. The smallest absolute Gasteiger partial charge is 0.163 e. The third-order valence-electron chi connectivity index (χ3n) is 2.90. The zero-order valence-electron chi connectivity index (χ0n) is 10.4. The maximum Gasteiger partial charge on any atom is 0.163 e. The number of hydrogen-bond acceptors (Lipinski definition) is 4. The van der Waals surface area contributed by atoms with Gasteiger partial charge in [-0.05, 0) is 31.9 Å². The molecule has 0 aliphatic carbocycles. The molecule has 2 aromatic rings. The van der Waals surface area contributed by atoms with Crippen LogP contribution in [0.4, 0.5) is 5.82 Å². The lowest BCUT2D eigenvalue weighted by atomic mass is 10.1. The molecule has 2 heterocycles. The molecule has 0 saturated heterocycles. The van der Waals surface area contributed by atoms with E-state index in [1.54, 1.807) is 12.4 Å². The molecule has 88 valence electrons. The fourth-order valence-electron chi connectivity index (χ4n) is 1.75. The quantitative estimate of drug-likeness (QED) is 0.856. The highest BCUT2D eigenvalue weighted by Crippen LogP contribution is 2.22. The standard InChI is InChI=1S/C13H16N4/c1-4-11-9(3)12(14)17-13(16-11)10-7-15-6-5-8(10)2/h5-7H,4H2,1-3H3,(H2,14,16,17). The van der Waals surface area contributed by atoms with Crippen molar-refractivity contribution in [1.82, 2.24) is 15.0 Å². The third kappa shape index (κ3) is 2.11. The van der Waals surface area contributed by atoms with Gasteiger partial charge in [-0.1, -0.05) is 6.92 Å². The van der Waals surface area contributed by atoms with Gasteiger partial charge >= 0.3 is 0 Å². The van der Waals surface area contributed by atoms with Crippen molar-refractivity contribution in [3.8, 4) is 11.4 Å². The predicted molar refractivity (Wildman–Crippen MR) is 68.5 cm³/mol. The van der Waals surface area contributed by atoms with Crippen LogP contribution in [0.5, 0.6) is 0 Å². The molecule has 0 amide bonds. The number of aryl methyl sites for hydroxylation is 2. The van der Waals surface area contributed by atoms with Gasteiger partial charge in [-0.25, -0.2) is 9.97 Å². The maximum atomic E-state index is 5.91. The molecule has 0 unspecified atom stereocenters. The molecule has 2 aromatic heterocycles. The Hall–Kier alpha value is -1.97. The Morgan fingerprint density at radius 3 is 2.65 bits per heavy atom. The van der Waals surface area contributed by atoms with Crippen molar-refractivity contribution in [1.29, 1.82) is 0 Å². The molecule has 0 aromatic carbocycles. The zero-order valence-corrected chi connectivity index (χ0v) is 10.4. The Morgan fingerprint density at radius 1 is 1.24 bits per heavy atom. The van der Waals surface area contributed by atoms with Crippen LogP contribution < -0.4 is 5.73 Å². The molecule has 0 radical (unpaired) electrons. The fraction of sp³-hybridized carbons (Fsp3) is 0.308. The van der Waals surface area contributed by atoms with Crippen LogP contribution in [-0.2, 0) is 6.42 Å². The van der Waals surface area contributed by atoms with E-state index in [0.717, 1.165) is 28.8 Å². The first-order chi connectivity index (χ1) is 8.13. The average molecular weight is 228 g/mol. The second kappa shape index (κ2) is 4.49. The van der Waals surface area contributed by atoms with E-state index in [4.69, 9.17) is 5.73 Å². The van der Waals surface area contributed by atoms with E-state index in [9.17, 15) is 0 Å². The van der Waals surface area contributed by atoms with Crippen LogP contribution in [0.25, 0.3) is 11.4 Å². The summed E-state index contributed by atoms with van der Waals surface area (Å²) >= 11 is 0. The van der Waals surface area contributed by atoms with E-state index in [1.807, 2.05) is 19.9 Å². The van der Waals surface area contributed by atoms with Crippen molar-refractivity contribution in [3.05, 3.63) is 35.3 Å². The van der Waals surface area contributed by atoms with Crippen LogP contribution in [-0.4, -0.2) is 15.0 Å². The summed E-state index contributed by atoms with van der Waals surface area (Å²) < 4.78 is 0. The number of pyridine rings is 1. The van der Waals surface area contributed by atoms with Crippen LogP contribution in [0.2, 0.25) is 0 Å². The fourth-order valence-corrected chi connectivity index (χ4v) is 1.75. The molecule has 4 heteroatoms. The zero-order chi connectivity index (χ0) is 12.4. The first-order valence-electron chi connectivity index (χ1n) is 5.67. The Labute approximate surface area is 101 Å². The number of nitrogens with zero attached hydrogens (tertiary/aromatic N) is 3. The summed E-state index contributed by atoms with van der Waals surface area (Å²) in [5.74, 6) is 1.21. The van der Waals surface area contributed by atoms with Gasteiger partial charge in [0.2, 0.25) is 0 Å². The van der Waals surface area contributed by atoms with Gasteiger partial charge in [-0.3, -0.25) is 4.98 Å². The first-order valence-corrected chi connectivity index (χ1v) is 5.67. The third-order valence-corrected chi connectivity index (χ3v) is 2.90. The van der Waals surface area contributed by atoms with Crippen molar-refractivity contribution in [2.24, 2.45) is 0 Å². The molecule has 17 heavy (non-hydrogen) atoms.